The molecule has 1 N–H and O–H groups in total. The van der Waals surface area contributed by atoms with Crippen LogP contribution < -0.4 is 5.32 Å². The van der Waals surface area contributed by atoms with E-state index in [-0.39, 0.29) is 11.9 Å². The van der Waals surface area contributed by atoms with E-state index in [4.69, 9.17) is 9.72 Å². The van der Waals surface area contributed by atoms with Gasteiger partial charge in [0.1, 0.15) is 5.52 Å². The third-order valence-corrected chi connectivity index (χ3v) is 5.48. The van der Waals surface area contributed by atoms with E-state index < -0.39 is 0 Å². The van der Waals surface area contributed by atoms with Crippen molar-refractivity contribution in [1.29, 1.82) is 0 Å². The Balaban J connectivity index is 1.42. The highest BCUT2D eigenvalue weighted by Crippen LogP contribution is 2.27. The highest BCUT2D eigenvalue weighted by Gasteiger charge is 2.18. The first kappa shape index (κ1) is 19.4. The summed E-state index contributed by atoms with van der Waals surface area (Å²) in [5.74, 6) is 0.532. The zero-order valence-electron chi connectivity index (χ0n) is 17.6. The number of amides is 1. The molecule has 0 saturated carbocycles. The molecule has 31 heavy (non-hydrogen) atoms. The van der Waals surface area contributed by atoms with Gasteiger partial charge in [-0.1, -0.05) is 12.1 Å². The van der Waals surface area contributed by atoms with E-state index in [1.807, 2.05) is 58.4 Å². The third kappa shape index (κ3) is 3.70. The van der Waals surface area contributed by atoms with E-state index >= 15 is 0 Å². The molecule has 4 aromatic rings. The average molecular weight is 416 g/mol. The number of aromatic nitrogens is 4. The van der Waals surface area contributed by atoms with E-state index in [1.54, 1.807) is 0 Å². The lowest BCUT2D eigenvalue weighted by molar-refractivity contribution is 0.0303. The van der Waals surface area contributed by atoms with Crippen molar-refractivity contribution in [3.8, 4) is 0 Å². The lowest BCUT2D eigenvalue weighted by Gasteiger charge is -2.26. The summed E-state index contributed by atoms with van der Waals surface area (Å²) >= 11 is 0. The Kier molecular flexibility index (Phi) is 4.99. The van der Waals surface area contributed by atoms with Crippen molar-refractivity contribution < 1.29 is 9.53 Å². The number of benzene rings is 2. The van der Waals surface area contributed by atoms with Crippen molar-refractivity contribution in [3.05, 3.63) is 54.4 Å². The zero-order chi connectivity index (χ0) is 21.4. The summed E-state index contributed by atoms with van der Waals surface area (Å²) in [7, 11) is 0. The Morgan fingerprint density at radius 3 is 2.52 bits per heavy atom. The molecule has 8 nitrogen and oxygen atoms in total. The fourth-order valence-electron chi connectivity index (χ4n) is 3.85. The second kappa shape index (κ2) is 7.96. The van der Waals surface area contributed by atoms with Crippen molar-refractivity contribution in [2.24, 2.45) is 0 Å². The Bertz CT molecular complexity index is 1240. The number of ether oxygens (including phenoxy) is 1. The first-order valence-electron chi connectivity index (χ1n) is 10.5. The number of nitrogens with one attached hydrogen (secondary N) is 1. The summed E-state index contributed by atoms with van der Waals surface area (Å²) in [6, 6.07) is 11.7. The summed E-state index contributed by atoms with van der Waals surface area (Å²) in [4.78, 5) is 23.7. The summed E-state index contributed by atoms with van der Waals surface area (Å²) in [6.45, 7) is 6.65. The summed E-state index contributed by atoms with van der Waals surface area (Å²) in [5.41, 5.74) is 3.35. The van der Waals surface area contributed by atoms with E-state index in [9.17, 15) is 4.79 Å². The van der Waals surface area contributed by atoms with Crippen LogP contribution in [0.3, 0.4) is 0 Å². The quantitative estimate of drug-likeness (QED) is 0.545. The maximum Gasteiger partial charge on any atom is 0.254 e. The topological polar surface area (TPSA) is 85.2 Å². The number of rotatable bonds is 4. The van der Waals surface area contributed by atoms with Gasteiger partial charge < -0.3 is 15.0 Å². The monoisotopic (exact) mass is 416 g/mol. The standard InChI is InChI=1S/C23H24N6O2/c1-15(2)29-21-18(14-25-29)4-3-17-13-24-23(27-20(17)21)26-19-7-5-16(6-8-19)22(30)28-9-11-31-12-10-28/h3-8,13-15H,9-12H2,1-2H3,(H,24,26,27). The first-order chi connectivity index (χ1) is 15.1. The van der Waals surface area contributed by atoms with Gasteiger partial charge >= 0.3 is 0 Å². The number of hydrogen-bond donors (Lipinski definition) is 1. The minimum absolute atomic E-state index is 0.0288. The summed E-state index contributed by atoms with van der Waals surface area (Å²) in [5, 5.41) is 9.78. The first-order valence-corrected chi connectivity index (χ1v) is 10.5. The zero-order valence-corrected chi connectivity index (χ0v) is 17.6. The molecule has 0 unspecified atom stereocenters. The van der Waals surface area contributed by atoms with Crippen LogP contribution in [0.4, 0.5) is 11.6 Å². The highest BCUT2D eigenvalue weighted by molar-refractivity contribution is 6.03. The fourth-order valence-corrected chi connectivity index (χ4v) is 3.85. The molecule has 0 aliphatic carbocycles. The number of carbonyl (C=O) groups excluding carboxylic acids is 1. The van der Waals surface area contributed by atoms with Crippen LogP contribution in [0.5, 0.6) is 0 Å². The van der Waals surface area contributed by atoms with E-state index in [1.165, 1.54) is 0 Å². The highest BCUT2D eigenvalue weighted by atomic mass is 16.5. The Morgan fingerprint density at radius 2 is 1.77 bits per heavy atom. The molecule has 8 heteroatoms. The van der Waals surface area contributed by atoms with Gasteiger partial charge in [-0.15, -0.1) is 0 Å². The molecule has 2 aromatic heterocycles. The minimum atomic E-state index is 0.0288. The molecule has 1 aliphatic heterocycles. The van der Waals surface area contributed by atoms with Crippen LogP contribution in [0.25, 0.3) is 21.8 Å². The van der Waals surface area contributed by atoms with Gasteiger partial charge in [0, 0.05) is 47.4 Å². The maximum atomic E-state index is 12.6. The van der Waals surface area contributed by atoms with Gasteiger partial charge in [-0.2, -0.15) is 5.10 Å². The average Bonchev–Trinajstić information content (AvgIpc) is 3.25. The molecule has 1 saturated heterocycles. The molecular weight excluding hydrogens is 392 g/mol. The van der Waals surface area contributed by atoms with Crippen molar-refractivity contribution >= 4 is 39.3 Å². The maximum absolute atomic E-state index is 12.6. The van der Waals surface area contributed by atoms with Crippen LogP contribution in [0.15, 0.2) is 48.8 Å². The summed E-state index contributed by atoms with van der Waals surface area (Å²) in [6.07, 6.45) is 3.69. The van der Waals surface area contributed by atoms with Gasteiger partial charge in [-0.25, -0.2) is 9.97 Å². The van der Waals surface area contributed by atoms with Crippen LogP contribution in [-0.2, 0) is 4.74 Å². The van der Waals surface area contributed by atoms with Gasteiger partial charge in [0.15, 0.2) is 0 Å². The SMILES string of the molecule is CC(C)n1ncc2ccc3cnc(Nc4ccc(C(=O)N5CCOCC5)cc4)nc3c21. The van der Waals surface area contributed by atoms with Crippen LogP contribution >= 0.6 is 0 Å². The van der Waals surface area contributed by atoms with Crippen molar-refractivity contribution in [1.82, 2.24) is 24.6 Å². The molecule has 158 valence electrons. The van der Waals surface area contributed by atoms with Crippen LogP contribution in [-0.4, -0.2) is 56.9 Å². The number of nitrogens with zero attached hydrogens (tertiary/aromatic N) is 5. The number of anilines is 2. The normalized spacial score (nSPS) is 14.5. The Morgan fingerprint density at radius 1 is 1.03 bits per heavy atom. The molecule has 1 fully saturated rings. The molecule has 3 heterocycles. The lowest BCUT2D eigenvalue weighted by Crippen LogP contribution is -2.40. The van der Waals surface area contributed by atoms with E-state index in [2.05, 4.69) is 29.2 Å². The predicted octanol–water partition coefficient (Wildman–Crippen LogP) is 3.78. The molecule has 0 radical (unpaired) electrons. The Hall–Kier alpha value is -3.52. The lowest BCUT2D eigenvalue weighted by atomic mass is 10.1. The molecule has 5 rings (SSSR count). The van der Waals surface area contributed by atoms with E-state index in [0.717, 1.165) is 27.5 Å². The number of carbonyl (C=O) groups is 1. The van der Waals surface area contributed by atoms with Crippen molar-refractivity contribution in [3.63, 3.8) is 0 Å². The largest absolute Gasteiger partial charge is 0.378 e. The van der Waals surface area contributed by atoms with Gasteiger partial charge in [0.25, 0.3) is 5.91 Å². The molecule has 0 atom stereocenters. The molecule has 2 aromatic carbocycles. The molecule has 1 aliphatic rings. The van der Waals surface area contributed by atoms with Gasteiger partial charge in [-0.05, 0) is 38.1 Å². The molecule has 1 amide bonds. The minimum Gasteiger partial charge on any atom is -0.378 e. The van der Waals surface area contributed by atoms with Crippen molar-refractivity contribution in [2.45, 2.75) is 19.9 Å². The Labute approximate surface area is 179 Å². The number of fused-ring (bicyclic) bond motifs is 3. The second-order valence-electron chi connectivity index (χ2n) is 7.92. The fraction of sp³-hybridized carbons (Fsp3) is 0.304. The van der Waals surface area contributed by atoms with Crippen LogP contribution in [0, 0.1) is 0 Å². The van der Waals surface area contributed by atoms with Gasteiger partial charge in [-0.3, -0.25) is 9.48 Å². The second-order valence-corrected chi connectivity index (χ2v) is 7.92. The smallest absolute Gasteiger partial charge is 0.254 e. The molecular formula is C23H24N6O2. The van der Waals surface area contributed by atoms with E-state index in [0.29, 0.717) is 37.8 Å². The number of morpholine rings is 1. The van der Waals surface area contributed by atoms with Crippen molar-refractivity contribution in [2.75, 3.05) is 31.6 Å². The third-order valence-electron chi connectivity index (χ3n) is 5.48. The number of hydrogen-bond acceptors (Lipinski definition) is 6. The van der Waals surface area contributed by atoms with Crippen LogP contribution in [0.2, 0.25) is 0 Å². The predicted molar refractivity (Wildman–Crippen MR) is 120 cm³/mol. The summed E-state index contributed by atoms with van der Waals surface area (Å²) < 4.78 is 7.31. The van der Waals surface area contributed by atoms with Gasteiger partial charge in [0.05, 0.1) is 24.9 Å². The van der Waals surface area contributed by atoms with Gasteiger partial charge in [0.2, 0.25) is 5.95 Å². The molecule has 0 spiro atoms. The van der Waals surface area contributed by atoms with Crippen LogP contribution in [0.1, 0.15) is 30.2 Å². The molecule has 0 bridgehead atoms.